The summed E-state index contributed by atoms with van der Waals surface area (Å²) in [6, 6.07) is 11.8. The average molecular weight is 479 g/mol. The maximum absolute atomic E-state index is 12.6. The Morgan fingerprint density at radius 3 is 2.23 bits per heavy atom. The Hall–Kier alpha value is -4.08. The minimum atomic E-state index is -0.879. The van der Waals surface area contributed by atoms with Gasteiger partial charge in [-0.05, 0) is 38.3 Å². The van der Waals surface area contributed by atoms with Crippen LogP contribution in [0, 0.1) is 26.7 Å². The van der Waals surface area contributed by atoms with Crippen molar-refractivity contribution in [2.24, 2.45) is 5.92 Å². The SMILES string of the molecule is Cc1cc(C)nc(-n2nc(C)cc2NC(=O)COC(=O)[C@@H](NC(=O)Cc2ccccc2)C(C)C)n1. The highest BCUT2D eigenvalue weighted by Crippen LogP contribution is 2.15. The number of hydrogen-bond acceptors (Lipinski definition) is 7. The summed E-state index contributed by atoms with van der Waals surface area (Å²) in [6.45, 7) is 8.53. The summed E-state index contributed by atoms with van der Waals surface area (Å²) in [5, 5.41) is 9.74. The molecular weight excluding hydrogens is 448 g/mol. The Morgan fingerprint density at radius 1 is 0.943 bits per heavy atom. The lowest BCUT2D eigenvalue weighted by atomic mass is 10.0. The fourth-order valence-corrected chi connectivity index (χ4v) is 3.45. The Morgan fingerprint density at radius 2 is 1.60 bits per heavy atom. The predicted molar refractivity (Wildman–Crippen MR) is 130 cm³/mol. The molecule has 0 saturated heterocycles. The van der Waals surface area contributed by atoms with E-state index in [0.29, 0.717) is 17.5 Å². The molecule has 1 aromatic carbocycles. The zero-order valence-corrected chi connectivity index (χ0v) is 20.5. The van der Waals surface area contributed by atoms with Crippen LogP contribution >= 0.6 is 0 Å². The van der Waals surface area contributed by atoms with Gasteiger partial charge in [-0.25, -0.2) is 14.8 Å². The lowest BCUT2D eigenvalue weighted by Gasteiger charge is -2.20. The molecule has 0 fully saturated rings. The lowest BCUT2D eigenvalue weighted by Crippen LogP contribution is -2.46. The second-order valence-electron chi connectivity index (χ2n) is 8.64. The Bertz CT molecular complexity index is 1190. The van der Waals surface area contributed by atoms with E-state index < -0.39 is 24.5 Å². The number of nitrogens with one attached hydrogen (secondary N) is 2. The molecule has 35 heavy (non-hydrogen) atoms. The summed E-state index contributed by atoms with van der Waals surface area (Å²) in [4.78, 5) is 46.3. The summed E-state index contributed by atoms with van der Waals surface area (Å²) < 4.78 is 6.64. The molecule has 0 aliphatic heterocycles. The maximum Gasteiger partial charge on any atom is 0.329 e. The van der Waals surface area contributed by atoms with Gasteiger partial charge < -0.3 is 15.4 Å². The summed E-state index contributed by atoms with van der Waals surface area (Å²) in [5.74, 6) is -1.09. The number of anilines is 1. The standard InChI is InChI=1S/C25H30N6O4/c1-15(2)23(29-21(32)13-19-9-7-6-8-10-19)24(34)35-14-22(33)28-20-12-18(5)30-31(20)25-26-16(3)11-17(4)27-25/h6-12,15,23H,13-14H2,1-5H3,(H,28,33)(H,29,32)/t23-/m0/s1. The van der Waals surface area contributed by atoms with Gasteiger partial charge >= 0.3 is 5.97 Å². The second-order valence-corrected chi connectivity index (χ2v) is 8.64. The molecule has 0 saturated carbocycles. The molecule has 2 heterocycles. The molecule has 2 aromatic heterocycles. The highest BCUT2D eigenvalue weighted by molar-refractivity contribution is 5.93. The van der Waals surface area contributed by atoms with Gasteiger partial charge in [-0.3, -0.25) is 9.59 Å². The Kier molecular flexibility index (Phi) is 8.30. The Balaban J connectivity index is 1.60. The number of carbonyl (C=O) groups excluding carboxylic acids is 3. The van der Waals surface area contributed by atoms with Crippen molar-refractivity contribution >= 4 is 23.6 Å². The van der Waals surface area contributed by atoms with E-state index in [2.05, 4.69) is 25.7 Å². The average Bonchev–Trinajstić information content (AvgIpc) is 3.15. The van der Waals surface area contributed by atoms with Gasteiger partial charge in [-0.15, -0.1) is 0 Å². The summed E-state index contributed by atoms with van der Waals surface area (Å²) in [5.41, 5.74) is 3.02. The number of benzene rings is 1. The molecule has 10 heteroatoms. The smallest absolute Gasteiger partial charge is 0.329 e. The van der Waals surface area contributed by atoms with Gasteiger partial charge in [-0.1, -0.05) is 44.2 Å². The number of rotatable bonds is 9. The number of aromatic nitrogens is 4. The third-order valence-electron chi connectivity index (χ3n) is 5.05. The largest absolute Gasteiger partial charge is 0.454 e. The fourth-order valence-electron chi connectivity index (χ4n) is 3.45. The van der Waals surface area contributed by atoms with Crippen molar-refractivity contribution in [3.63, 3.8) is 0 Å². The van der Waals surface area contributed by atoms with Gasteiger partial charge in [0.1, 0.15) is 11.9 Å². The van der Waals surface area contributed by atoms with Crippen LogP contribution in [0.3, 0.4) is 0 Å². The minimum Gasteiger partial charge on any atom is -0.454 e. The number of aryl methyl sites for hydroxylation is 3. The van der Waals surface area contributed by atoms with Crippen molar-refractivity contribution < 1.29 is 19.1 Å². The highest BCUT2D eigenvalue weighted by atomic mass is 16.5. The van der Waals surface area contributed by atoms with Crippen LogP contribution in [-0.2, 0) is 25.5 Å². The van der Waals surface area contributed by atoms with Crippen molar-refractivity contribution in [3.8, 4) is 5.95 Å². The van der Waals surface area contributed by atoms with E-state index in [9.17, 15) is 14.4 Å². The van der Waals surface area contributed by atoms with Crippen LogP contribution in [-0.4, -0.2) is 50.2 Å². The van der Waals surface area contributed by atoms with Gasteiger partial charge in [0, 0.05) is 17.5 Å². The first-order valence-electron chi connectivity index (χ1n) is 11.3. The Labute approximate surface area is 204 Å². The topological polar surface area (TPSA) is 128 Å². The van der Waals surface area contributed by atoms with Gasteiger partial charge in [0.2, 0.25) is 5.91 Å². The molecule has 0 unspecified atom stereocenters. The van der Waals surface area contributed by atoms with Crippen molar-refractivity contribution in [2.75, 3.05) is 11.9 Å². The maximum atomic E-state index is 12.6. The summed E-state index contributed by atoms with van der Waals surface area (Å²) >= 11 is 0. The predicted octanol–water partition coefficient (Wildman–Crippen LogP) is 2.45. The minimum absolute atomic E-state index is 0.141. The number of hydrogen-bond donors (Lipinski definition) is 2. The first-order valence-corrected chi connectivity index (χ1v) is 11.3. The van der Waals surface area contributed by atoms with Crippen molar-refractivity contribution in [3.05, 3.63) is 65.1 Å². The zero-order valence-electron chi connectivity index (χ0n) is 20.5. The van der Waals surface area contributed by atoms with Crippen LogP contribution in [0.15, 0.2) is 42.5 Å². The third kappa shape index (κ3) is 7.20. The van der Waals surface area contributed by atoms with E-state index in [0.717, 1.165) is 17.0 Å². The van der Waals surface area contributed by atoms with E-state index in [1.807, 2.05) is 50.2 Å². The molecule has 3 rings (SSSR count). The van der Waals surface area contributed by atoms with Crippen LogP contribution in [0.1, 0.15) is 36.5 Å². The zero-order chi connectivity index (χ0) is 25.5. The number of esters is 1. The molecule has 0 radical (unpaired) electrons. The van der Waals surface area contributed by atoms with Crippen LogP contribution in [0.4, 0.5) is 5.82 Å². The van der Waals surface area contributed by atoms with Crippen molar-refractivity contribution in [1.82, 2.24) is 25.1 Å². The molecule has 0 spiro atoms. The normalized spacial score (nSPS) is 11.7. The van der Waals surface area contributed by atoms with Crippen LogP contribution < -0.4 is 10.6 Å². The molecule has 10 nitrogen and oxygen atoms in total. The van der Waals surface area contributed by atoms with Crippen LogP contribution in [0.5, 0.6) is 0 Å². The highest BCUT2D eigenvalue weighted by Gasteiger charge is 2.26. The number of ether oxygens (including phenoxy) is 1. The van der Waals surface area contributed by atoms with E-state index >= 15 is 0 Å². The molecule has 1 atom stereocenters. The van der Waals surface area contributed by atoms with E-state index in [1.54, 1.807) is 26.8 Å². The van der Waals surface area contributed by atoms with Gasteiger partial charge in [0.05, 0.1) is 12.1 Å². The molecule has 2 N–H and O–H groups in total. The van der Waals surface area contributed by atoms with Crippen molar-refractivity contribution in [1.29, 1.82) is 0 Å². The van der Waals surface area contributed by atoms with Gasteiger partial charge in [0.25, 0.3) is 11.9 Å². The third-order valence-corrected chi connectivity index (χ3v) is 5.05. The number of nitrogens with zero attached hydrogens (tertiary/aromatic N) is 4. The monoisotopic (exact) mass is 478 g/mol. The first-order chi connectivity index (χ1) is 16.6. The first kappa shape index (κ1) is 25.5. The quantitative estimate of drug-likeness (QED) is 0.452. The van der Waals surface area contributed by atoms with Crippen LogP contribution in [0.25, 0.3) is 5.95 Å². The molecule has 3 aromatic rings. The second kappa shape index (κ2) is 11.4. The fraction of sp³-hybridized carbons (Fsp3) is 0.360. The van der Waals surface area contributed by atoms with Crippen LogP contribution in [0.2, 0.25) is 0 Å². The summed E-state index contributed by atoms with van der Waals surface area (Å²) in [6.07, 6.45) is 0.141. The molecule has 2 amide bonds. The molecule has 0 aliphatic carbocycles. The molecular formula is C25H30N6O4. The molecule has 0 aliphatic rings. The van der Waals surface area contributed by atoms with Gasteiger partial charge in [-0.2, -0.15) is 9.78 Å². The summed E-state index contributed by atoms with van der Waals surface area (Å²) in [7, 11) is 0. The number of carbonyl (C=O) groups is 3. The van der Waals surface area contributed by atoms with E-state index in [1.165, 1.54) is 4.68 Å². The number of amides is 2. The van der Waals surface area contributed by atoms with Crippen molar-refractivity contribution in [2.45, 2.75) is 47.1 Å². The molecule has 0 bridgehead atoms. The van der Waals surface area contributed by atoms with Gasteiger partial charge in [0.15, 0.2) is 6.61 Å². The lowest BCUT2D eigenvalue weighted by molar-refractivity contribution is -0.151. The van der Waals surface area contributed by atoms with E-state index in [-0.39, 0.29) is 18.2 Å². The van der Waals surface area contributed by atoms with E-state index in [4.69, 9.17) is 4.74 Å². The molecule has 184 valence electrons.